The van der Waals surface area contributed by atoms with E-state index >= 15 is 0 Å². The molecule has 0 amide bonds. The van der Waals surface area contributed by atoms with Crippen molar-refractivity contribution in [2.24, 2.45) is 5.11 Å². The molecule has 1 aliphatic rings. The molecule has 0 bridgehead atoms. The van der Waals surface area contributed by atoms with Crippen LogP contribution in [-0.2, 0) is 4.74 Å². The van der Waals surface area contributed by atoms with Gasteiger partial charge in [-0.2, -0.15) is 4.98 Å². The van der Waals surface area contributed by atoms with E-state index < -0.39 is 24.1 Å². The first-order chi connectivity index (χ1) is 10.1. The first kappa shape index (κ1) is 13.6. The SMILES string of the molecule is Cc1cc2cn([C@H]3CC(N=[N+]=[N-])[C@@H](CO)O3)c(=O)nc2o1. The molecule has 3 atom stereocenters. The van der Waals surface area contributed by atoms with Crippen LogP contribution in [-0.4, -0.2) is 33.4 Å². The van der Waals surface area contributed by atoms with Crippen LogP contribution in [0.25, 0.3) is 21.5 Å². The van der Waals surface area contributed by atoms with E-state index in [2.05, 4.69) is 15.0 Å². The topological polar surface area (TPSA) is 126 Å². The van der Waals surface area contributed by atoms with Crippen molar-refractivity contribution in [1.82, 2.24) is 9.55 Å². The molecule has 1 fully saturated rings. The number of azide groups is 1. The van der Waals surface area contributed by atoms with Crippen molar-refractivity contribution in [2.45, 2.75) is 31.7 Å². The third-order valence-corrected chi connectivity index (χ3v) is 3.45. The predicted octanol–water partition coefficient (Wildman–Crippen LogP) is 1.26. The Morgan fingerprint density at radius 2 is 2.48 bits per heavy atom. The Morgan fingerprint density at radius 1 is 1.67 bits per heavy atom. The maximum Gasteiger partial charge on any atom is 0.353 e. The Kier molecular flexibility index (Phi) is 3.38. The van der Waals surface area contributed by atoms with Crippen LogP contribution < -0.4 is 5.69 Å². The first-order valence-corrected chi connectivity index (χ1v) is 6.42. The number of hydrogen-bond donors (Lipinski definition) is 1. The summed E-state index contributed by atoms with van der Waals surface area (Å²) >= 11 is 0. The van der Waals surface area contributed by atoms with Crippen LogP contribution in [0.5, 0.6) is 0 Å². The predicted molar refractivity (Wildman–Crippen MR) is 71.6 cm³/mol. The van der Waals surface area contributed by atoms with Crippen molar-refractivity contribution < 1.29 is 14.3 Å². The summed E-state index contributed by atoms with van der Waals surface area (Å²) in [6, 6.07) is 1.25. The molecule has 0 saturated carbocycles. The number of rotatable bonds is 3. The molecule has 0 radical (unpaired) electrons. The minimum absolute atomic E-state index is 0.275. The maximum atomic E-state index is 12.0. The van der Waals surface area contributed by atoms with Crippen molar-refractivity contribution in [3.8, 4) is 0 Å². The number of furan rings is 1. The highest BCUT2D eigenvalue weighted by molar-refractivity contribution is 5.72. The molecule has 0 spiro atoms. The fourth-order valence-corrected chi connectivity index (χ4v) is 2.50. The molecule has 1 unspecified atom stereocenters. The highest BCUT2D eigenvalue weighted by Crippen LogP contribution is 2.30. The van der Waals surface area contributed by atoms with Gasteiger partial charge >= 0.3 is 5.69 Å². The van der Waals surface area contributed by atoms with Gasteiger partial charge in [0.05, 0.1) is 24.1 Å². The molecule has 110 valence electrons. The Morgan fingerprint density at radius 3 is 3.19 bits per heavy atom. The quantitative estimate of drug-likeness (QED) is 0.517. The lowest BCUT2D eigenvalue weighted by Crippen LogP contribution is -2.27. The lowest BCUT2D eigenvalue weighted by molar-refractivity contribution is -0.0268. The highest BCUT2D eigenvalue weighted by atomic mass is 16.5. The Hall–Kier alpha value is -2.35. The largest absolute Gasteiger partial charge is 0.443 e. The van der Waals surface area contributed by atoms with E-state index in [1.54, 1.807) is 19.2 Å². The third kappa shape index (κ3) is 2.38. The van der Waals surface area contributed by atoms with Gasteiger partial charge < -0.3 is 14.3 Å². The number of ether oxygens (including phenoxy) is 1. The van der Waals surface area contributed by atoms with Gasteiger partial charge in [-0.1, -0.05) is 5.11 Å². The van der Waals surface area contributed by atoms with Gasteiger partial charge in [-0.05, 0) is 18.5 Å². The van der Waals surface area contributed by atoms with E-state index in [0.29, 0.717) is 17.6 Å². The van der Waals surface area contributed by atoms with Crippen molar-refractivity contribution in [1.29, 1.82) is 0 Å². The minimum atomic E-state index is -0.628. The summed E-state index contributed by atoms with van der Waals surface area (Å²) in [6.45, 7) is 1.48. The second-order valence-corrected chi connectivity index (χ2v) is 4.87. The van der Waals surface area contributed by atoms with E-state index in [0.717, 1.165) is 0 Å². The van der Waals surface area contributed by atoms with Crippen molar-refractivity contribution in [3.63, 3.8) is 0 Å². The average Bonchev–Trinajstić information content (AvgIpc) is 3.00. The number of aromatic nitrogens is 2. The number of aliphatic hydroxyl groups excluding tert-OH is 1. The van der Waals surface area contributed by atoms with Gasteiger partial charge in [0.15, 0.2) is 0 Å². The normalized spacial score (nSPS) is 25.1. The Bertz CT molecular complexity index is 776. The molecule has 1 N–H and O–H groups in total. The molecular weight excluding hydrogens is 278 g/mol. The van der Waals surface area contributed by atoms with E-state index in [1.165, 1.54) is 4.57 Å². The van der Waals surface area contributed by atoms with Crippen LogP contribution >= 0.6 is 0 Å². The fourth-order valence-electron chi connectivity index (χ4n) is 2.50. The fraction of sp³-hybridized carbons (Fsp3) is 0.500. The summed E-state index contributed by atoms with van der Waals surface area (Å²) in [4.78, 5) is 18.6. The second kappa shape index (κ2) is 5.21. The summed E-state index contributed by atoms with van der Waals surface area (Å²) in [5.41, 5.74) is 8.28. The van der Waals surface area contributed by atoms with Gasteiger partial charge in [0, 0.05) is 17.5 Å². The minimum Gasteiger partial charge on any atom is -0.443 e. The molecule has 0 aromatic carbocycles. The number of hydrogen-bond acceptors (Lipinski definition) is 6. The first-order valence-electron chi connectivity index (χ1n) is 6.42. The second-order valence-electron chi connectivity index (χ2n) is 4.87. The number of aryl methyl sites for hydroxylation is 1. The van der Waals surface area contributed by atoms with Crippen LogP contribution in [0.2, 0.25) is 0 Å². The Labute approximate surface area is 118 Å². The van der Waals surface area contributed by atoms with Crippen LogP contribution in [0.4, 0.5) is 0 Å². The van der Waals surface area contributed by atoms with E-state index in [-0.39, 0.29) is 12.3 Å². The number of fused-ring (bicyclic) bond motifs is 1. The van der Waals surface area contributed by atoms with Gasteiger partial charge in [0.25, 0.3) is 0 Å². The zero-order valence-corrected chi connectivity index (χ0v) is 11.2. The number of nitrogens with zero attached hydrogens (tertiary/aromatic N) is 5. The standard InChI is InChI=1S/C12H13N5O4/c1-6-2-7-4-17(12(19)14-11(7)20-6)10-3-8(15-16-13)9(5-18)21-10/h2,4,8-10,18H,3,5H2,1H3/t8?,9-,10-/m1/s1. The summed E-state index contributed by atoms with van der Waals surface area (Å²) in [5, 5.41) is 13.5. The zero-order valence-electron chi connectivity index (χ0n) is 11.2. The van der Waals surface area contributed by atoms with Gasteiger partial charge in [0.2, 0.25) is 5.71 Å². The lowest BCUT2D eigenvalue weighted by Gasteiger charge is -2.14. The van der Waals surface area contributed by atoms with Crippen molar-refractivity contribution in [2.75, 3.05) is 6.61 Å². The molecule has 1 saturated heterocycles. The molecule has 1 aliphatic heterocycles. The van der Waals surface area contributed by atoms with Gasteiger partial charge in [-0.15, -0.1) is 0 Å². The molecule has 21 heavy (non-hydrogen) atoms. The molecule has 3 rings (SSSR count). The molecule has 2 aromatic heterocycles. The third-order valence-electron chi connectivity index (χ3n) is 3.45. The van der Waals surface area contributed by atoms with E-state index in [4.69, 9.17) is 14.7 Å². The monoisotopic (exact) mass is 291 g/mol. The van der Waals surface area contributed by atoms with Crippen LogP contribution in [0, 0.1) is 6.92 Å². The van der Waals surface area contributed by atoms with Crippen molar-refractivity contribution >= 4 is 11.1 Å². The summed E-state index contributed by atoms with van der Waals surface area (Å²) < 4.78 is 12.2. The zero-order chi connectivity index (χ0) is 15.0. The van der Waals surface area contributed by atoms with E-state index in [1.807, 2.05) is 0 Å². The Balaban J connectivity index is 1.99. The van der Waals surface area contributed by atoms with Gasteiger partial charge in [-0.3, -0.25) is 4.57 Å². The lowest BCUT2D eigenvalue weighted by atomic mass is 10.1. The molecule has 0 aliphatic carbocycles. The van der Waals surface area contributed by atoms with Gasteiger partial charge in [0.1, 0.15) is 12.0 Å². The number of aliphatic hydroxyl groups is 1. The van der Waals surface area contributed by atoms with Crippen LogP contribution in [0.3, 0.4) is 0 Å². The maximum absolute atomic E-state index is 12.0. The molecule has 3 heterocycles. The summed E-state index contributed by atoms with van der Waals surface area (Å²) in [5.74, 6) is 0.655. The highest BCUT2D eigenvalue weighted by Gasteiger charge is 2.35. The van der Waals surface area contributed by atoms with Gasteiger partial charge in [-0.25, -0.2) is 4.79 Å². The average molecular weight is 291 g/mol. The smallest absolute Gasteiger partial charge is 0.353 e. The molecule has 9 heteroatoms. The van der Waals surface area contributed by atoms with Crippen LogP contribution in [0.15, 0.2) is 26.6 Å². The molecular formula is C12H13N5O4. The van der Waals surface area contributed by atoms with Crippen LogP contribution in [0.1, 0.15) is 18.4 Å². The molecule has 2 aromatic rings. The summed E-state index contributed by atoms with van der Waals surface area (Å²) in [6.07, 6.45) is 0.648. The molecule has 9 nitrogen and oxygen atoms in total. The summed E-state index contributed by atoms with van der Waals surface area (Å²) in [7, 11) is 0. The van der Waals surface area contributed by atoms with E-state index in [9.17, 15) is 9.90 Å². The van der Waals surface area contributed by atoms with Crippen molar-refractivity contribution in [3.05, 3.63) is 39.0 Å².